The summed E-state index contributed by atoms with van der Waals surface area (Å²) < 4.78 is 27.8. The van der Waals surface area contributed by atoms with Crippen molar-refractivity contribution in [3.05, 3.63) is 47.8 Å². The Kier molecular flexibility index (Phi) is 4.39. The van der Waals surface area contributed by atoms with Gasteiger partial charge in [0.25, 0.3) is 0 Å². The Hall–Kier alpha value is -2.19. The molecule has 2 aromatic rings. The van der Waals surface area contributed by atoms with Gasteiger partial charge < -0.3 is 5.11 Å². The van der Waals surface area contributed by atoms with Crippen LogP contribution >= 0.6 is 0 Å². The first-order chi connectivity index (χ1) is 9.88. The Labute approximate surface area is 122 Å². The molecule has 2 rings (SSSR count). The number of carboxylic acids is 1. The number of aryl methyl sites for hydroxylation is 1. The number of carboxylic acid groups (broad SMARTS) is 1. The van der Waals surface area contributed by atoms with Gasteiger partial charge in [-0.2, -0.15) is 5.10 Å². The van der Waals surface area contributed by atoms with E-state index in [1.54, 1.807) is 19.2 Å². The second kappa shape index (κ2) is 6.06. The molecule has 0 aliphatic heterocycles. The molecule has 0 aliphatic rings. The van der Waals surface area contributed by atoms with Crippen molar-refractivity contribution in [1.82, 2.24) is 14.5 Å². The highest BCUT2D eigenvalue weighted by Gasteiger charge is 2.15. The molecule has 21 heavy (non-hydrogen) atoms. The van der Waals surface area contributed by atoms with Crippen molar-refractivity contribution >= 4 is 16.0 Å². The molecule has 0 spiro atoms. The summed E-state index contributed by atoms with van der Waals surface area (Å²) >= 11 is 0. The quantitative estimate of drug-likeness (QED) is 0.815. The van der Waals surface area contributed by atoms with E-state index in [1.165, 1.54) is 29.2 Å². The van der Waals surface area contributed by atoms with Gasteiger partial charge in [0.05, 0.1) is 11.8 Å². The summed E-state index contributed by atoms with van der Waals surface area (Å²) in [6.45, 7) is 0.226. The number of hydrogen-bond acceptors (Lipinski definition) is 4. The standard InChI is InChI=1S/C13H15N3O4S/c1-16-9-12(8-14-16)21(19,20)15-7-6-10-2-4-11(5-3-10)13(17)18/h2-5,8-9,15H,6-7H2,1H3,(H,17,18). The van der Waals surface area contributed by atoms with Crippen LogP contribution in [-0.2, 0) is 23.5 Å². The number of carbonyl (C=O) groups is 1. The van der Waals surface area contributed by atoms with E-state index in [4.69, 9.17) is 5.11 Å². The normalized spacial score (nSPS) is 11.5. The van der Waals surface area contributed by atoms with Crippen molar-refractivity contribution in [2.24, 2.45) is 7.05 Å². The lowest BCUT2D eigenvalue weighted by Gasteiger charge is -2.05. The van der Waals surface area contributed by atoms with Gasteiger partial charge in [-0.05, 0) is 24.1 Å². The van der Waals surface area contributed by atoms with Crippen LogP contribution in [0, 0.1) is 0 Å². The molecule has 0 amide bonds. The molecule has 0 aliphatic carbocycles. The minimum Gasteiger partial charge on any atom is -0.478 e. The smallest absolute Gasteiger partial charge is 0.335 e. The van der Waals surface area contributed by atoms with Gasteiger partial charge in [-0.3, -0.25) is 4.68 Å². The summed E-state index contributed by atoms with van der Waals surface area (Å²) in [5.74, 6) is -0.987. The predicted molar refractivity (Wildman–Crippen MR) is 75.5 cm³/mol. The monoisotopic (exact) mass is 309 g/mol. The van der Waals surface area contributed by atoms with E-state index in [0.29, 0.717) is 6.42 Å². The summed E-state index contributed by atoms with van der Waals surface area (Å²) in [7, 11) is -1.92. The van der Waals surface area contributed by atoms with Crippen LogP contribution in [0.2, 0.25) is 0 Å². The molecule has 1 aromatic carbocycles. The zero-order chi connectivity index (χ0) is 15.5. The largest absolute Gasteiger partial charge is 0.478 e. The molecule has 2 N–H and O–H groups in total. The van der Waals surface area contributed by atoms with Crippen LogP contribution in [0.1, 0.15) is 15.9 Å². The van der Waals surface area contributed by atoms with Crippen LogP contribution in [0.3, 0.4) is 0 Å². The fourth-order valence-corrected chi connectivity index (χ4v) is 2.78. The molecule has 1 aromatic heterocycles. The second-order valence-corrected chi connectivity index (χ2v) is 6.27. The molecule has 0 unspecified atom stereocenters. The maximum Gasteiger partial charge on any atom is 0.335 e. The van der Waals surface area contributed by atoms with Crippen LogP contribution in [0.15, 0.2) is 41.6 Å². The van der Waals surface area contributed by atoms with Crippen molar-refractivity contribution in [3.8, 4) is 0 Å². The number of aromatic nitrogens is 2. The molecular formula is C13H15N3O4S. The number of nitrogens with one attached hydrogen (secondary N) is 1. The van der Waals surface area contributed by atoms with Gasteiger partial charge in [-0.1, -0.05) is 12.1 Å². The SMILES string of the molecule is Cn1cc(S(=O)(=O)NCCc2ccc(C(=O)O)cc2)cn1. The minimum absolute atomic E-state index is 0.117. The molecule has 112 valence electrons. The van der Waals surface area contributed by atoms with E-state index in [1.807, 2.05) is 0 Å². The Bertz CT molecular complexity index is 735. The molecule has 0 atom stereocenters. The summed E-state index contributed by atoms with van der Waals surface area (Å²) in [5.41, 5.74) is 1.06. The summed E-state index contributed by atoms with van der Waals surface area (Å²) in [6.07, 6.45) is 3.17. The van der Waals surface area contributed by atoms with Gasteiger partial charge in [-0.15, -0.1) is 0 Å². The lowest BCUT2D eigenvalue weighted by Crippen LogP contribution is -2.25. The lowest BCUT2D eigenvalue weighted by molar-refractivity contribution is 0.0697. The highest BCUT2D eigenvalue weighted by Crippen LogP contribution is 2.07. The van der Waals surface area contributed by atoms with E-state index in [2.05, 4.69) is 9.82 Å². The molecule has 0 saturated heterocycles. The van der Waals surface area contributed by atoms with Crippen molar-refractivity contribution in [1.29, 1.82) is 0 Å². The van der Waals surface area contributed by atoms with Crippen LogP contribution < -0.4 is 4.72 Å². The highest BCUT2D eigenvalue weighted by molar-refractivity contribution is 7.89. The third-order valence-corrected chi connectivity index (χ3v) is 4.31. The molecular weight excluding hydrogens is 294 g/mol. The number of hydrogen-bond donors (Lipinski definition) is 2. The van der Waals surface area contributed by atoms with Gasteiger partial charge in [0, 0.05) is 19.8 Å². The third-order valence-electron chi connectivity index (χ3n) is 2.90. The van der Waals surface area contributed by atoms with E-state index in [0.717, 1.165) is 5.56 Å². The average Bonchev–Trinajstić information content (AvgIpc) is 2.87. The van der Waals surface area contributed by atoms with Crippen molar-refractivity contribution in [2.75, 3.05) is 6.54 Å². The Morgan fingerprint density at radius 3 is 2.52 bits per heavy atom. The molecule has 0 fully saturated rings. The zero-order valence-corrected chi connectivity index (χ0v) is 12.2. The molecule has 0 radical (unpaired) electrons. The zero-order valence-electron chi connectivity index (χ0n) is 11.4. The maximum atomic E-state index is 11.9. The highest BCUT2D eigenvalue weighted by atomic mass is 32.2. The van der Waals surface area contributed by atoms with E-state index in [9.17, 15) is 13.2 Å². The van der Waals surface area contributed by atoms with E-state index >= 15 is 0 Å². The van der Waals surface area contributed by atoms with Crippen LogP contribution in [0.5, 0.6) is 0 Å². The summed E-state index contributed by atoms with van der Waals surface area (Å²) in [4.78, 5) is 10.8. The fourth-order valence-electron chi connectivity index (χ4n) is 1.76. The van der Waals surface area contributed by atoms with Crippen LogP contribution in [0.4, 0.5) is 0 Å². The average molecular weight is 309 g/mol. The van der Waals surface area contributed by atoms with Gasteiger partial charge in [0.15, 0.2) is 0 Å². The third kappa shape index (κ3) is 3.89. The van der Waals surface area contributed by atoms with Gasteiger partial charge >= 0.3 is 5.97 Å². The van der Waals surface area contributed by atoms with Crippen molar-refractivity contribution in [3.63, 3.8) is 0 Å². The topological polar surface area (TPSA) is 101 Å². The predicted octanol–water partition coefficient (Wildman–Crippen LogP) is 0.639. The lowest BCUT2D eigenvalue weighted by atomic mass is 10.1. The molecule has 0 bridgehead atoms. The van der Waals surface area contributed by atoms with E-state index < -0.39 is 16.0 Å². The minimum atomic E-state index is -3.56. The maximum absolute atomic E-state index is 11.9. The number of aromatic carboxylic acids is 1. The first-order valence-corrected chi connectivity index (χ1v) is 7.67. The number of sulfonamides is 1. The first-order valence-electron chi connectivity index (χ1n) is 6.19. The van der Waals surface area contributed by atoms with Gasteiger partial charge in [0.1, 0.15) is 4.90 Å². The van der Waals surface area contributed by atoms with Crippen LogP contribution in [-0.4, -0.2) is 35.8 Å². The van der Waals surface area contributed by atoms with Gasteiger partial charge in [0.2, 0.25) is 10.0 Å². The molecule has 1 heterocycles. The first kappa shape index (κ1) is 15.2. The molecule has 0 saturated carbocycles. The number of nitrogens with zero attached hydrogens (tertiary/aromatic N) is 2. The Balaban J connectivity index is 1.93. The second-order valence-electron chi connectivity index (χ2n) is 4.50. The number of benzene rings is 1. The van der Waals surface area contributed by atoms with E-state index in [-0.39, 0.29) is 17.0 Å². The Morgan fingerprint density at radius 2 is 2.00 bits per heavy atom. The van der Waals surface area contributed by atoms with Crippen molar-refractivity contribution in [2.45, 2.75) is 11.3 Å². The molecule has 7 nitrogen and oxygen atoms in total. The molecule has 8 heteroatoms. The summed E-state index contributed by atoms with van der Waals surface area (Å²) in [5, 5.41) is 12.6. The number of rotatable bonds is 6. The van der Waals surface area contributed by atoms with Gasteiger partial charge in [-0.25, -0.2) is 17.9 Å². The van der Waals surface area contributed by atoms with Crippen molar-refractivity contribution < 1.29 is 18.3 Å². The fraction of sp³-hybridized carbons (Fsp3) is 0.231. The van der Waals surface area contributed by atoms with Crippen LogP contribution in [0.25, 0.3) is 0 Å². The Morgan fingerprint density at radius 1 is 1.33 bits per heavy atom. The summed E-state index contributed by atoms with van der Waals surface area (Å²) in [6, 6.07) is 6.32.